The van der Waals surface area contributed by atoms with Crippen LogP contribution in [0.4, 0.5) is 5.69 Å². The van der Waals surface area contributed by atoms with Gasteiger partial charge in [0.25, 0.3) is 0 Å². The predicted octanol–water partition coefficient (Wildman–Crippen LogP) is 3.07. The lowest BCUT2D eigenvalue weighted by atomic mass is 9.89. The number of carbonyl (C=O) groups is 1. The molecule has 0 bridgehead atoms. The largest absolute Gasteiger partial charge is 0.399 e. The molecule has 1 aliphatic carbocycles. The molecule has 0 heterocycles. The fourth-order valence-corrected chi connectivity index (χ4v) is 2.77. The molecule has 0 saturated heterocycles. The average Bonchev–Trinajstić information content (AvgIpc) is 2.45. The second-order valence-corrected chi connectivity index (χ2v) is 5.64. The number of nitrogen functional groups attached to an aromatic ring is 1. The first-order valence-corrected chi connectivity index (χ1v) is 7.30. The van der Waals surface area contributed by atoms with Crippen LogP contribution in [0, 0.1) is 5.92 Å². The van der Waals surface area contributed by atoms with E-state index >= 15 is 0 Å². The summed E-state index contributed by atoms with van der Waals surface area (Å²) in [7, 11) is 0. The molecule has 1 amide bonds. The Morgan fingerprint density at radius 1 is 1.37 bits per heavy atom. The van der Waals surface area contributed by atoms with Crippen molar-refractivity contribution in [3.63, 3.8) is 0 Å². The van der Waals surface area contributed by atoms with Gasteiger partial charge < -0.3 is 11.1 Å². The highest BCUT2D eigenvalue weighted by Crippen LogP contribution is 2.23. The fraction of sp³-hybridized carbons (Fsp3) is 0.562. The Hall–Kier alpha value is -1.51. The van der Waals surface area contributed by atoms with E-state index in [0.717, 1.165) is 12.1 Å². The van der Waals surface area contributed by atoms with Gasteiger partial charge in [0.15, 0.2) is 0 Å². The molecule has 1 aromatic carbocycles. The smallest absolute Gasteiger partial charge is 0.227 e. The van der Waals surface area contributed by atoms with E-state index in [1.807, 2.05) is 31.2 Å². The highest BCUT2D eigenvalue weighted by atomic mass is 16.1. The molecule has 1 unspecified atom stereocenters. The molecule has 104 valence electrons. The molecule has 1 aromatic rings. The molecular formula is C16H24N2O. The Morgan fingerprint density at radius 2 is 2.11 bits per heavy atom. The van der Waals surface area contributed by atoms with Crippen molar-refractivity contribution in [3.8, 4) is 0 Å². The van der Waals surface area contributed by atoms with E-state index in [0.29, 0.717) is 11.6 Å². The minimum Gasteiger partial charge on any atom is -0.399 e. The number of nitrogens with one attached hydrogen (secondary N) is 1. The Kier molecular flexibility index (Phi) is 4.83. The second-order valence-electron chi connectivity index (χ2n) is 5.64. The van der Waals surface area contributed by atoms with Crippen LogP contribution in [0.25, 0.3) is 0 Å². The average molecular weight is 260 g/mol. The lowest BCUT2D eigenvalue weighted by Crippen LogP contribution is -2.33. The van der Waals surface area contributed by atoms with Gasteiger partial charge in [-0.25, -0.2) is 0 Å². The van der Waals surface area contributed by atoms with Gasteiger partial charge in [0.1, 0.15) is 0 Å². The third-order valence-corrected chi connectivity index (χ3v) is 4.09. The molecule has 0 radical (unpaired) electrons. The van der Waals surface area contributed by atoms with E-state index in [9.17, 15) is 4.79 Å². The predicted molar refractivity (Wildman–Crippen MR) is 78.9 cm³/mol. The van der Waals surface area contributed by atoms with Crippen molar-refractivity contribution in [3.05, 3.63) is 29.8 Å². The van der Waals surface area contributed by atoms with Crippen LogP contribution in [0.3, 0.4) is 0 Å². The molecule has 0 spiro atoms. The summed E-state index contributed by atoms with van der Waals surface area (Å²) in [6.45, 7) is 2.76. The third-order valence-electron chi connectivity index (χ3n) is 4.09. The van der Waals surface area contributed by atoms with Gasteiger partial charge in [-0.3, -0.25) is 4.79 Å². The Bertz CT molecular complexity index is 425. The maximum atomic E-state index is 12.1. The standard InChI is InChI=1S/C16H24N2O/c1-12(14-8-5-9-15(17)10-14)16(19)18-11-13-6-3-2-4-7-13/h5,8-10,12-13H,2-4,6-7,11,17H2,1H3,(H,18,19). The molecule has 1 saturated carbocycles. The van der Waals surface area contributed by atoms with Gasteiger partial charge in [-0.05, 0) is 43.4 Å². The van der Waals surface area contributed by atoms with Crippen molar-refractivity contribution in [2.75, 3.05) is 12.3 Å². The van der Waals surface area contributed by atoms with Crippen molar-refractivity contribution in [1.82, 2.24) is 5.32 Å². The van der Waals surface area contributed by atoms with Crippen LogP contribution >= 0.6 is 0 Å². The summed E-state index contributed by atoms with van der Waals surface area (Å²) in [6, 6.07) is 7.58. The van der Waals surface area contributed by atoms with Crippen LogP contribution in [0.2, 0.25) is 0 Å². The maximum Gasteiger partial charge on any atom is 0.227 e. The quantitative estimate of drug-likeness (QED) is 0.817. The number of hydrogen-bond donors (Lipinski definition) is 2. The number of nitrogens with two attached hydrogens (primary N) is 1. The van der Waals surface area contributed by atoms with Crippen molar-refractivity contribution >= 4 is 11.6 Å². The van der Waals surface area contributed by atoms with Crippen LogP contribution in [0.5, 0.6) is 0 Å². The SMILES string of the molecule is CC(C(=O)NCC1CCCCC1)c1cccc(N)c1. The van der Waals surface area contributed by atoms with Crippen LogP contribution in [0.15, 0.2) is 24.3 Å². The number of amides is 1. The molecular weight excluding hydrogens is 236 g/mol. The van der Waals surface area contributed by atoms with Gasteiger partial charge >= 0.3 is 0 Å². The monoisotopic (exact) mass is 260 g/mol. The van der Waals surface area contributed by atoms with Crippen molar-refractivity contribution < 1.29 is 4.79 Å². The van der Waals surface area contributed by atoms with E-state index in [4.69, 9.17) is 5.73 Å². The summed E-state index contributed by atoms with van der Waals surface area (Å²) in [5.74, 6) is 0.647. The molecule has 1 atom stereocenters. The first-order chi connectivity index (χ1) is 9.16. The molecule has 3 nitrogen and oxygen atoms in total. The minimum atomic E-state index is -0.132. The van der Waals surface area contributed by atoms with Gasteiger partial charge in [0.2, 0.25) is 5.91 Å². The topological polar surface area (TPSA) is 55.1 Å². The van der Waals surface area contributed by atoms with E-state index in [2.05, 4.69) is 5.32 Å². The van der Waals surface area contributed by atoms with E-state index in [1.54, 1.807) is 0 Å². The third kappa shape index (κ3) is 3.98. The Morgan fingerprint density at radius 3 is 2.79 bits per heavy atom. The van der Waals surface area contributed by atoms with E-state index in [1.165, 1.54) is 32.1 Å². The molecule has 1 fully saturated rings. The van der Waals surface area contributed by atoms with Crippen molar-refractivity contribution in [2.45, 2.75) is 44.9 Å². The summed E-state index contributed by atoms with van der Waals surface area (Å²) in [5.41, 5.74) is 7.46. The lowest BCUT2D eigenvalue weighted by Gasteiger charge is -2.22. The summed E-state index contributed by atoms with van der Waals surface area (Å²) in [6.07, 6.45) is 6.49. The molecule has 2 rings (SSSR count). The van der Waals surface area contributed by atoms with Crippen molar-refractivity contribution in [1.29, 1.82) is 0 Å². The Balaban J connectivity index is 1.85. The summed E-state index contributed by atoms with van der Waals surface area (Å²) >= 11 is 0. The van der Waals surface area contributed by atoms with Crippen LogP contribution in [-0.4, -0.2) is 12.5 Å². The normalized spacial score (nSPS) is 17.9. The van der Waals surface area contributed by atoms with Crippen LogP contribution in [-0.2, 0) is 4.79 Å². The zero-order chi connectivity index (χ0) is 13.7. The molecule has 3 N–H and O–H groups in total. The van der Waals surface area contributed by atoms with Gasteiger partial charge in [-0.15, -0.1) is 0 Å². The number of carbonyl (C=O) groups excluding carboxylic acids is 1. The fourth-order valence-electron chi connectivity index (χ4n) is 2.77. The molecule has 0 aromatic heterocycles. The number of rotatable bonds is 4. The summed E-state index contributed by atoms with van der Waals surface area (Å²) in [4.78, 5) is 12.1. The Labute approximate surface area is 115 Å². The molecule has 3 heteroatoms. The molecule has 19 heavy (non-hydrogen) atoms. The number of anilines is 1. The van der Waals surface area contributed by atoms with E-state index in [-0.39, 0.29) is 11.8 Å². The minimum absolute atomic E-state index is 0.108. The molecule has 0 aliphatic heterocycles. The number of benzene rings is 1. The number of hydrogen-bond acceptors (Lipinski definition) is 2. The van der Waals surface area contributed by atoms with Gasteiger partial charge in [0, 0.05) is 12.2 Å². The van der Waals surface area contributed by atoms with Gasteiger partial charge in [-0.2, -0.15) is 0 Å². The first-order valence-electron chi connectivity index (χ1n) is 7.30. The highest BCUT2D eigenvalue weighted by Gasteiger charge is 2.18. The van der Waals surface area contributed by atoms with Gasteiger partial charge in [0.05, 0.1) is 5.92 Å². The lowest BCUT2D eigenvalue weighted by molar-refractivity contribution is -0.122. The zero-order valence-corrected chi connectivity index (χ0v) is 11.7. The maximum absolute atomic E-state index is 12.1. The molecule has 1 aliphatic rings. The first kappa shape index (κ1) is 13.9. The second kappa shape index (κ2) is 6.60. The van der Waals surface area contributed by atoms with Crippen molar-refractivity contribution in [2.24, 2.45) is 5.92 Å². The summed E-state index contributed by atoms with van der Waals surface area (Å²) < 4.78 is 0. The highest BCUT2D eigenvalue weighted by molar-refractivity contribution is 5.83. The zero-order valence-electron chi connectivity index (χ0n) is 11.7. The van der Waals surface area contributed by atoms with Crippen LogP contribution in [0.1, 0.15) is 50.5 Å². The van der Waals surface area contributed by atoms with Gasteiger partial charge in [-0.1, -0.05) is 31.4 Å². The van der Waals surface area contributed by atoms with E-state index < -0.39 is 0 Å². The summed E-state index contributed by atoms with van der Waals surface area (Å²) in [5, 5.41) is 3.09. The van der Waals surface area contributed by atoms with Crippen LogP contribution < -0.4 is 11.1 Å².